The van der Waals surface area contributed by atoms with Gasteiger partial charge in [0.15, 0.2) is 0 Å². The van der Waals surface area contributed by atoms with Crippen LogP contribution in [0.15, 0.2) is 29.1 Å². The van der Waals surface area contributed by atoms with E-state index in [0.717, 1.165) is 24.2 Å². The molecule has 28 heavy (non-hydrogen) atoms. The van der Waals surface area contributed by atoms with Crippen LogP contribution in [-0.2, 0) is 19.4 Å². The van der Waals surface area contributed by atoms with E-state index in [0.29, 0.717) is 45.7 Å². The van der Waals surface area contributed by atoms with E-state index in [9.17, 15) is 14.4 Å². The summed E-state index contributed by atoms with van der Waals surface area (Å²) in [5.41, 5.74) is 7.30. The summed E-state index contributed by atoms with van der Waals surface area (Å²) in [6.07, 6.45) is 2.31. The molecule has 0 radical (unpaired) electrons. The van der Waals surface area contributed by atoms with Crippen molar-refractivity contribution in [3.63, 3.8) is 0 Å². The van der Waals surface area contributed by atoms with E-state index in [2.05, 4.69) is 10.3 Å². The summed E-state index contributed by atoms with van der Waals surface area (Å²) in [7, 11) is 0. The third-order valence-corrected chi connectivity index (χ3v) is 6.21. The topological polar surface area (TPSA) is 107 Å². The molecule has 3 aromatic rings. The Morgan fingerprint density at radius 1 is 1.36 bits per heavy atom. The summed E-state index contributed by atoms with van der Waals surface area (Å²) in [5, 5.41) is 3.44. The molecule has 2 amide bonds. The molecule has 4 rings (SSSR count). The first-order chi connectivity index (χ1) is 13.5. The first-order valence-corrected chi connectivity index (χ1v) is 9.97. The Hall–Kier alpha value is -3.00. The molecule has 144 valence electrons. The molecule has 0 atom stereocenters. The summed E-state index contributed by atoms with van der Waals surface area (Å²) in [6, 6.07) is 7.04. The molecule has 7 nitrogen and oxygen atoms in total. The average molecular weight is 396 g/mol. The minimum atomic E-state index is -0.475. The summed E-state index contributed by atoms with van der Waals surface area (Å²) < 4.78 is 1.72. The van der Waals surface area contributed by atoms with Crippen molar-refractivity contribution < 1.29 is 9.59 Å². The van der Waals surface area contributed by atoms with E-state index in [1.165, 1.54) is 11.3 Å². The molecule has 1 aromatic carbocycles. The van der Waals surface area contributed by atoms with Gasteiger partial charge in [-0.25, -0.2) is 4.98 Å². The van der Waals surface area contributed by atoms with E-state index in [1.807, 2.05) is 6.07 Å². The number of carbonyl (C=O) groups excluding carboxylic acids is 2. The highest BCUT2D eigenvalue weighted by Gasteiger charge is 2.23. The molecule has 1 aliphatic rings. The number of benzene rings is 1. The summed E-state index contributed by atoms with van der Waals surface area (Å²) in [6.45, 7) is 2.91. The molecule has 3 heterocycles. The Morgan fingerprint density at radius 3 is 2.96 bits per heavy atom. The maximum atomic E-state index is 12.7. The minimum Gasteiger partial charge on any atom is -0.366 e. The fourth-order valence-corrected chi connectivity index (χ4v) is 4.68. The van der Waals surface area contributed by atoms with Crippen molar-refractivity contribution in [3.05, 3.63) is 62.0 Å². The smallest absolute Gasteiger partial charge is 0.262 e. The van der Waals surface area contributed by atoms with Crippen molar-refractivity contribution in [3.8, 4) is 0 Å². The van der Waals surface area contributed by atoms with Crippen LogP contribution in [0.1, 0.15) is 43.4 Å². The van der Waals surface area contributed by atoms with Crippen LogP contribution in [-0.4, -0.2) is 27.9 Å². The second kappa shape index (κ2) is 7.20. The lowest BCUT2D eigenvalue weighted by molar-refractivity contribution is 0.0955. The van der Waals surface area contributed by atoms with Gasteiger partial charge in [-0.3, -0.25) is 19.0 Å². The van der Waals surface area contributed by atoms with Crippen molar-refractivity contribution in [1.29, 1.82) is 0 Å². The van der Waals surface area contributed by atoms with Gasteiger partial charge >= 0.3 is 0 Å². The first-order valence-electron chi connectivity index (χ1n) is 9.15. The zero-order valence-electron chi connectivity index (χ0n) is 15.4. The van der Waals surface area contributed by atoms with Gasteiger partial charge < -0.3 is 11.1 Å². The third-order valence-electron chi connectivity index (χ3n) is 5.03. The molecule has 0 fully saturated rings. The van der Waals surface area contributed by atoms with Gasteiger partial charge in [-0.15, -0.1) is 11.3 Å². The van der Waals surface area contributed by atoms with Crippen LogP contribution in [0.4, 0.5) is 0 Å². The predicted molar refractivity (Wildman–Crippen MR) is 108 cm³/mol. The number of hydrogen-bond donors (Lipinski definition) is 2. The number of thiophene rings is 1. The van der Waals surface area contributed by atoms with Crippen LogP contribution >= 0.6 is 11.3 Å². The van der Waals surface area contributed by atoms with Crippen LogP contribution in [0.2, 0.25) is 0 Å². The van der Waals surface area contributed by atoms with Gasteiger partial charge in [-0.1, -0.05) is 12.1 Å². The molecular formula is C20H20N4O3S. The quantitative estimate of drug-likeness (QED) is 0.685. The van der Waals surface area contributed by atoms with Gasteiger partial charge in [0.25, 0.3) is 11.5 Å². The Kier molecular flexibility index (Phi) is 4.72. The second-order valence-electron chi connectivity index (χ2n) is 6.90. The van der Waals surface area contributed by atoms with Crippen molar-refractivity contribution in [2.75, 3.05) is 6.54 Å². The molecule has 0 saturated heterocycles. The lowest BCUT2D eigenvalue weighted by atomic mass is 10.1. The zero-order chi connectivity index (χ0) is 19.8. The van der Waals surface area contributed by atoms with Gasteiger partial charge in [-0.2, -0.15) is 0 Å². The summed E-state index contributed by atoms with van der Waals surface area (Å²) in [5.74, 6) is 0.119. The number of amides is 2. The second-order valence-corrected chi connectivity index (χ2v) is 7.89. The standard InChI is InChI=1S/C20H20N4O3S/c1-11-15-19(23-14-6-3-9-24(14)20(15)27)28-16(11)18(26)22-8-7-12-4-2-5-13(10-12)17(21)25/h2,4-5,10H,3,6-9H2,1H3,(H2,21,25)(H,22,26). The molecule has 0 unspecified atom stereocenters. The maximum absolute atomic E-state index is 12.7. The number of fused-ring (bicyclic) bond motifs is 2. The fraction of sp³-hybridized carbons (Fsp3) is 0.300. The van der Waals surface area contributed by atoms with E-state index in [1.54, 1.807) is 29.7 Å². The van der Waals surface area contributed by atoms with E-state index < -0.39 is 5.91 Å². The third kappa shape index (κ3) is 3.20. The van der Waals surface area contributed by atoms with Gasteiger partial charge in [0.05, 0.1) is 10.3 Å². The maximum Gasteiger partial charge on any atom is 0.262 e. The minimum absolute atomic E-state index is 0.0476. The van der Waals surface area contributed by atoms with Crippen LogP contribution in [0.25, 0.3) is 10.2 Å². The number of hydrogen-bond acceptors (Lipinski definition) is 5. The van der Waals surface area contributed by atoms with Gasteiger partial charge in [-0.05, 0) is 43.0 Å². The van der Waals surface area contributed by atoms with Crippen LogP contribution in [0, 0.1) is 6.92 Å². The van der Waals surface area contributed by atoms with Crippen LogP contribution in [0.3, 0.4) is 0 Å². The van der Waals surface area contributed by atoms with Gasteiger partial charge in [0.1, 0.15) is 10.7 Å². The lowest BCUT2D eigenvalue weighted by Crippen LogP contribution is -2.26. The largest absolute Gasteiger partial charge is 0.366 e. The van der Waals surface area contributed by atoms with E-state index in [-0.39, 0.29) is 11.5 Å². The Morgan fingerprint density at radius 2 is 2.18 bits per heavy atom. The first kappa shape index (κ1) is 18.4. The highest BCUT2D eigenvalue weighted by atomic mass is 32.1. The van der Waals surface area contributed by atoms with Crippen molar-refractivity contribution in [2.24, 2.45) is 5.73 Å². The molecular weight excluding hydrogens is 376 g/mol. The number of carbonyl (C=O) groups is 2. The normalized spacial score (nSPS) is 12.9. The van der Waals surface area contributed by atoms with Gasteiger partial charge in [0, 0.05) is 25.1 Å². The van der Waals surface area contributed by atoms with Gasteiger partial charge in [0.2, 0.25) is 5.91 Å². The van der Waals surface area contributed by atoms with Crippen molar-refractivity contribution in [2.45, 2.75) is 32.7 Å². The summed E-state index contributed by atoms with van der Waals surface area (Å²) in [4.78, 5) is 42.4. The van der Waals surface area contributed by atoms with E-state index >= 15 is 0 Å². The monoisotopic (exact) mass is 396 g/mol. The van der Waals surface area contributed by atoms with Crippen LogP contribution < -0.4 is 16.6 Å². The molecule has 2 aromatic heterocycles. The Balaban J connectivity index is 1.51. The number of aromatic nitrogens is 2. The highest BCUT2D eigenvalue weighted by molar-refractivity contribution is 7.20. The molecule has 0 aliphatic carbocycles. The number of nitrogens with zero attached hydrogens (tertiary/aromatic N) is 2. The molecule has 0 saturated carbocycles. The molecule has 1 aliphatic heterocycles. The molecule has 0 bridgehead atoms. The SMILES string of the molecule is Cc1c(C(=O)NCCc2cccc(C(N)=O)c2)sc2nc3n(c(=O)c12)CCC3. The highest BCUT2D eigenvalue weighted by Crippen LogP contribution is 2.28. The van der Waals surface area contributed by atoms with Crippen LogP contribution in [0.5, 0.6) is 0 Å². The molecule has 3 N–H and O–H groups in total. The summed E-state index contributed by atoms with van der Waals surface area (Å²) >= 11 is 1.27. The van der Waals surface area contributed by atoms with E-state index in [4.69, 9.17) is 5.73 Å². The Labute approximate surface area is 165 Å². The molecule has 8 heteroatoms. The Bertz CT molecular complexity index is 1160. The van der Waals surface area contributed by atoms with Crippen molar-refractivity contribution in [1.82, 2.24) is 14.9 Å². The fourth-order valence-electron chi connectivity index (χ4n) is 3.57. The number of nitrogens with one attached hydrogen (secondary N) is 1. The molecule has 0 spiro atoms. The number of rotatable bonds is 5. The number of aryl methyl sites for hydroxylation is 2. The lowest BCUT2D eigenvalue weighted by Gasteiger charge is -2.06. The average Bonchev–Trinajstić information content (AvgIpc) is 3.27. The van der Waals surface area contributed by atoms with Crippen molar-refractivity contribution >= 4 is 33.4 Å². The zero-order valence-corrected chi connectivity index (χ0v) is 16.3. The predicted octanol–water partition coefficient (Wildman–Crippen LogP) is 1.78. The number of nitrogens with two attached hydrogens (primary N) is 1. The number of primary amides is 1.